The van der Waals surface area contributed by atoms with Crippen LogP contribution in [0.25, 0.3) is 0 Å². The third-order valence-corrected chi connectivity index (χ3v) is 4.44. The van der Waals surface area contributed by atoms with Crippen LogP contribution in [0.15, 0.2) is 28.7 Å². The molecule has 1 atom stereocenters. The van der Waals surface area contributed by atoms with E-state index in [1.807, 2.05) is 12.1 Å². The third-order valence-electron chi connectivity index (χ3n) is 3.95. The maximum atomic E-state index is 6.25. The molecule has 0 saturated carbocycles. The minimum atomic E-state index is 0.109. The molecule has 0 fully saturated rings. The van der Waals surface area contributed by atoms with Gasteiger partial charge >= 0.3 is 0 Å². The molecule has 0 aliphatic rings. The summed E-state index contributed by atoms with van der Waals surface area (Å²) >= 11 is 3.49. The van der Waals surface area contributed by atoms with Crippen LogP contribution in [0, 0.1) is 0 Å². The van der Waals surface area contributed by atoms with Gasteiger partial charge in [-0.15, -0.1) is 0 Å². The molecule has 0 saturated heterocycles. The average Bonchev–Trinajstić information content (AvgIpc) is 2.35. The fraction of sp³-hybridized carbons (Fsp3) is 0.600. The van der Waals surface area contributed by atoms with E-state index in [2.05, 4.69) is 60.8 Å². The van der Waals surface area contributed by atoms with Gasteiger partial charge in [0, 0.05) is 22.6 Å². The van der Waals surface area contributed by atoms with Crippen LogP contribution in [0.4, 0.5) is 0 Å². The zero-order valence-corrected chi connectivity index (χ0v) is 13.5. The van der Waals surface area contributed by atoms with Gasteiger partial charge in [0.25, 0.3) is 0 Å². The van der Waals surface area contributed by atoms with E-state index in [4.69, 9.17) is 5.73 Å². The normalized spacial score (nSPS) is 13.9. The topological polar surface area (TPSA) is 29.3 Å². The Kier molecular flexibility index (Phi) is 5.83. The minimum Gasteiger partial charge on any atom is -0.324 e. The molecule has 0 aliphatic heterocycles. The monoisotopic (exact) mass is 312 g/mol. The Morgan fingerprint density at radius 1 is 1.39 bits per heavy atom. The van der Waals surface area contributed by atoms with Crippen LogP contribution in [-0.2, 0) is 0 Å². The molecular weight excluding hydrogens is 288 g/mol. The van der Waals surface area contributed by atoms with Crippen LogP contribution < -0.4 is 5.73 Å². The predicted molar refractivity (Wildman–Crippen MR) is 82.7 cm³/mol. The summed E-state index contributed by atoms with van der Waals surface area (Å²) in [5.74, 6) is 0. The fourth-order valence-corrected chi connectivity index (χ4v) is 2.23. The highest BCUT2D eigenvalue weighted by molar-refractivity contribution is 9.10. The van der Waals surface area contributed by atoms with Gasteiger partial charge in [0.15, 0.2) is 0 Å². The van der Waals surface area contributed by atoms with Crippen molar-refractivity contribution in [3.05, 3.63) is 34.3 Å². The second-order valence-corrected chi connectivity index (χ2v) is 6.45. The van der Waals surface area contributed by atoms with Crippen molar-refractivity contribution in [2.24, 2.45) is 5.73 Å². The van der Waals surface area contributed by atoms with Gasteiger partial charge in [-0.2, -0.15) is 0 Å². The van der Waals surface area contributed by atoms with Gasteiger partial charge in [-0.1, -0.05) is 35.0 Å². The SMILES string of the molecule is CCC(C)(C)N(C)CCC(N)c1cccc(Br)c1. The standard InChI is InChI=1S/C15H25BrN2/c1-5-15(2,3)18(4)10-9-14(17)12-7-6-8-13(16)11-12/h6-8,11,14H,5,9-10,17H2,1-4H3. The van der Waals surface area contributed by atoms with Crippen molar-refractivity contribution in [1.82, 2.24) is 4.90 Å². The number of halogens is 1. The Morgan fingerprint density at radius 3 is 2.61 bits per heavy atom. The van der Waals surface area contributed by atoms with Gasteiger partial charge in [-0.25, -0.2) is 0 Å². The lowest BCUT2D eigenvalue weighted by atomic mass is 9.98. The lowest BCUT2D eigenvalue weighted by Gasteiger charge is -2.35. The van der Waals surface area contributed by atoms with E-state index in [9.17, 15) is 0 Å². The van der Waals surface area contributed by atoms with Crippen LogP contribution in [0.2, 0.25) is 0 Å². The first-order chi connectivity index (χ1) is 8.36. The van der Waals surface area contributed by atoms with Crippen molar-refractivity contribution >= 4 is 15.9 Å². The highest BCUT2D eigenvalue weighted by Gasteiger charge is 2.21. The molecule has 0 heterocycles. The number of nitrogens with two attached hydrogens (primary N) is 1. The molecule has 0 aromatic heterocycles. The number of nitrogens with zero attached hydrogens (tertiary/aromatic N) is 1. The van der Waals surface area contributed by atoms with E-state index in [-0.39, 0.29) is 11.6 Å². The van der Waals surface area contributed by atoms with Crippen molar-refractivity contribution in [3.8, 4) is 0 Å². The van der Waals surface area contributed by atoms with Crippen molar-refractivity contribution in [1.29, 1.82) is 0 Å². The molecule has 1 unspecified atom stereocenters. The zero-order chi connectivity index (χ0) is 13.8. The van der Waals surface area contributed by atoms with Gasteiger partial charge in [0.2, 0.25) is 0 Å². The molecule has 2 nitrogen and oxygen atoms in total. The number of benzene rings is 1. The summed E-state index contributed by atoms with van der Waals surface area (Å²) in [4.78, 5) is 2.39. The summed E-state index contributed by atoms with van der Waals surface area (Å²) in [5.41, 5.74) is 7.70. The van der Waals surface area contributed by atoms with Crippen LogP contribution >= 0.6 is 15.9 Å². The molecule has 2 N–H and O–H groups in total. The maximum Gasteiger partial charge on any atom is 0.0307 e. The zero-order valence-electron chi connectivity index (χ0n) is 11.9. The summed E-state index contributed by atoms with van der Waals surface area (Å²) in [6.45, 7) is 7.80. The lowest BCUT2D eigenvalue weighted by Crippen LogP contribution is -2.41. The number of hydrogen-bond acceptors (Lipinski definition) is 2. The van der Waals surface area contributed by atoms with E-state index >= 15 is 0 Å². The van der Waals surface area contributed by atoms with Crippen LogP contribution in [0.5, 0.6) is 0 Å². The van der Waals surface area contributed by atoms with E-state index < -0.39 is 0 Å². The Hall–Kier alpha value is -0.380. The van der Waals surface area contributed by atoms with Crippen molar-refractivity contribution < 1.29 is 0 Å². The van der Waals surface area contributed by atoms with Gasteiger partial charge in [0.05, 0.1) is 0 Å². The molecule has 0 radical (unpaired) electrons. The Labute approximate surface area is 120 Å². The highest BCUT2D eigenvalue weighted by atomic mass is 79.9. The maximum absolute atomic E-state index is 6.25. The van der Waals surface area contributed by atoms with E-state index in [1.165, 1.54) is 5.56 Å². The molecule has 102 valence electrons. The fourth-order valence-electron chi connectivity index (χ4n) is 1.81. The Balaban J connectivity index is 2.54. The molecule has 3 heteroatoms. The van der Waals surface area contributed by atoms with Crippen molar-refractivity contribution in [3.63, 3.8) is 0 Å². The van der Waals surface area contributed by atoms with Crippen LogP contribution in [0.3, 0.4) is 0 Å². The smallest absolute Gasteiger partial charge is 0.0307 e. The molecular formula is C15H25BrN2. The molecule has 0 spiro atoms. The molecule has 18 heavy (non-hydrogen) atoms. The summed E-state index contributed by atoms with van der Waals surface area (Å²) in [5, 5.41) is 0. The van der Waals surface area contributed by atoms with Gasteiger partial charge in [-0.3, -0.25) is 0 Å². The Morgan fingerprint density at radius 2 is 2.06 bits per heavy atom. The van der Waals surface area contributed by atoms with E-state index in [1.54, 1.807) is 0 Å². The minimum absolute atomic E-state index is 0.109. The molecule has 1 aromatic carbocycles. The van der Waals surface area contributed by atoms with E-state index in [0.29, 0.717) is 0 Å². The largest absolute Gasteiger partial charge is 0.324 e. The quantitative estimate of drug-likeness (QED) is 0.861. The second kappa shape index (κ2) is 6.69. The number of hydrogen-bond donors (Lipinski definition) is 1. The second-order valence-electron chi connectivity index (χ2n) is 5.54. The Bertz CT molecular complexity index is 377. The average molecular weight is 313 g/mol. The summed E-state index contributed by atoms with van der Waals surface area (Å²) in [6, 6.07) is 8.38. The van der Waals surface area contributed by atoms with Gasteiger partial charge in [-0.05, 0) is 51.4 Å². The van der Waals surface area contributed by atoms with Crippen LogP contribution in [0.1, 0.15) is 45.2 Å². The molecule has 0 bridgehead atoms. The molecule has 1 aromatic rings. The van der Waals surface area contributed by atoms with Crippen molar-refractivity contribution in [2.45, 2.75) is 45.2 Å². The summed E-state index contributed by atoms with van der Waals surface area (Å²) < 4.78 is 1.10. The first-order valence-corrected chi connectivity index (χ1v) is 7.38. The summed E-state index contributed by atoms with van der Waals surface area (Å²) in [7, 11) is 2.18. The lowest BCUT2D eigenvalue weighted by molar-refractivity contribution is 0.146. The predicted octanol–water partition coefficient (Wildman–Crippen LogP) is 3.96. The third kappa shape index (κ3) is 4.38. The molecule has 0 amide bonds. The summed E-state index contributed by atoms with van der Waals surface area (Å²) in [6.07, 6.45) is 2.13. The molecule has 0 aliphatic carbocycles. The highest BCUT2D eigenvalue weighted by Crippen LogP contribution is 2.21. The van der Waals surface area contributed by atoms with E-state index in [0.717, 1.165) is 23.9 Å². The molecule has 1 rings (SSSR count). The van der Waals surface area contributed by atoms with Crippen molar-refractivity contribution in [2.75, 3.05) is 13.6 Å². The first kappa shape index (κ1) is 15.7. The number of rotatable bonds is 6. The van der Waals surface area contributed by atoms with Gasteiger partial charge < -0.3 is 10.6 Å². The van der Waals surface area contributed by atoms with Crippen LogP contribution in [-0.4, -0.2) is 24.0 Å². The first-order valence-electron chi connectivity index (χ1n) is 6.59. The van der Waals surface area contributed by atoms with Gasteiger partial charge in [0.1, 0.15) is 0 Å².